The monoisotopic (exact) mass is 255 g/mol. The van der Waals surface area contributed by atoms with Crippen LogP contribution in [-0.4, -0.2) is 15.3 Å². The molecule has 19 heavy (non-hydrogen) atoms. The average Bonchev–Trinajstić information content (AvgIpc) is 2.85. The minimum Gasteiger partial charge on any atom is -0.399 e. The Balaban J connectivity index is 1.99. The van der Waals surface area contributed by atoms with Gasteiger partial charge in [-0.25, -0.2) is 4.98 Å². The maximum absolute atomic E-state index is 11.9. The summed E-state index contributed by atoms with van der Waals surface area (Å²) in [6, 6.07) is 7.39. The zero-order chi connectivity index (χ0) is 13.7. The summed E-state index contributed by atoms with van der Waals surface area (Å²) in [5.74, 6) is 0.840. The standard InChI is InChI=1S/C15H17N3O/c1-2-18-10-9-17-15(18)11-14(19)8-5-12-3-6-13(16)7-4-12/h3-10H,2,11,16H2,1H3/b8-5+. The van der Waals surface area contributed by atoms with E-state index in [4.69, 9.17) is 5.73 Å². The van der Waals surface area contributed by atoms with Crippen LogP contribution in [-0.2, 0) is 17.8 Å². The minimum atomic E-state index is 0.0396. The van der Waals surface area contributed by atoms with Crippen LogP contribution >= 0.6 is 0 Å². The number of nitrogen functional groups attached to an aromatic ring is 1. The molecule has 4 heteroatoms. The number of hydrogen-bond acceptors (Lipinski definition) is 3. The number of ketones is 1. The number of carbonyl (C=O) groups excluding carboxylic acids is 1. The van der Waals surface area contributed by atoms with Crippen LogP contribution in [0.3, 0.4) is 0 Å². The van der Waals surface area contributed by atoms with E-state index in [1.54, 1.807) is 18.3 Å². The number of aromatic nitrogens is 2. The number of benzene rings is 1. The van der Waals surface area contributed by atoms with Gasteiger partial charge in [-0.15, -0.1) is 0 Å². The molecular weight excluding hydrogens is 238 g/mol. The first-order valence-corrected chi connectivity index (χ1v) is 6.25. The predicted molar refractivity (Wildman–Crippen MR) is 76.5 cm³/mol. The Morgan fingerprint density at radius 3 is 2.79 bits per heavy atom. The molecule has 1 aromatic carbocycles. The van der Waals surface area contributed by atoms with Crippen LogP contribution in [0.4, 0.5) is 5.69 Å². The number of aryl methyl sites for hydroxylation is 1. The van der Waals surface area contributed by atoms with Gasteiger partial charge in [-0.3, -0.25) is 4.79 Å². The molecule has 0 aliphatic heterocycles. The first-order chi connectivity index (χ1) is 9.19. The molecule has 1 heterocycles. The van der Waals surface area contributed by atoms with Gasteiger partial charge in [0.1, 0.15) is 5.82 Å². The van der Waals surface area contributed by atoms with Gasteiger partial charge < -0.3 is 10.3 Å². The second-order valence-corrected chi connectivity index (χ2v) is 4.27. The van der Waals surface area contributed by atoms with E-state index in [9.17, 15) is 4.79 Å². The van der Waals surface area contributed by atoms with Crippen molar-refractivity contribution in [3.05, 3.63) is 54.1 Å². The molecule has 0 spiro atoms. The summed E-state index contributed by atoms with van der Waals surface area (Å²) < 4.78 is 1.97. The molecule has 0 radical (unpaired) electrons. The third kappa shape index (κ3) is 3.55. The molecule has 0 amide bonds. The zero-order valence-electron chi connectivity index (χ0n) is 10.9. The van der Waals surface area contributed by atoms with Gasteiger partial charge in [-0.2, -0.15) is 0 Å². The van der Waals surface area contributed by atoms with Crippen LogP contribution in [0, 0.1) is 0 Å². The van der Waals surface area contributed by atoms with Crippen molar-refractivity contribution in [3.63, 3.8) is 0 Å². The summed E-state index contributed by atoms with van der Waals surface area (Å²) >= 11 is 0. The van der Waals surface area contributed by atoms with E-state index in [1.807, 2.05) is 42.0 Å². The molecule has 0 aliphatic rings. The predicted octanol–water partition coefficient (Wildman–Crippen LogP) is 2.31. The van der Waals surface area contributed by atoms with E-state index >= 15 is 0 Å². The van der Waals surface area contributed by atoms with Crippen molar-refractivity contribution in [2.24, 2.45) is 0 Å². The summed E-state index contributed by atoms with van der Waals surface area (Å²) in [5, 5.41) is 0. The van der Waals surface area contributed by atoms with Gasteiger partial charge in [-0.1, -0.05) is 18.2 Å². The lowest BCUT2D eigenvalue weighted by Gasteiger charge is -2.01. The Kier molecular flexibility index (Phi) is 4.13. The number of imidazole rings is 1. The number of hydrogen-bond donors (Lipinski definition) is 1. The Morgan fingerprint density at radius 2 is 2.11 bits per heavy atom. The SMILES string of the molecule is CCn1ccnc1CC(=O)/C=C/c1ccc(N)cc1. The first-order valence-electron chi connectivity index (χ1n) is 6.25. The minimum absolute atomic E-state index is 0.0396. The number of nitrogens with two attached hydrogens (primary N) is 1. The van der Waals surface area contributed by atoms with Crippen LogP contribution in [0.5, 0.6) is 0 Å². The van der Waals surface area contributed by atoms with Crippen molar-refractivity contribution in [2.45, 2.75) is 19.9 Å². The average molecular weight is 255 g/mol. The van der Waals surface area contributed by atoms with Crippen molar-refractivity contribution >= 4 is 17.5 Å². The Bertz CT molecular complexity index is 582. The van der Waals surface area contributed by atoms with E-state index in [0.29, 0.717) is 12.1 Å². The van der Waals surface area contributed by atoms with Gasteiger partial charge in [-0.05, 0) is 30.7 Å². The fraction of sp³-hybridized carbons (Fsp3) is 0.200. The number of anilines is 1. The zero-order valence-corrected chi connectivity index (χ0v) is 10.9. The smallest absolute Gasteiger partial charge is 0.163 e. The molecule has 98 valence electrons. The van der Waals surface area contributed by atoms with E-state index in [0.717, 1.165) is 17.9 Å². The summed E-state index contributed by atoms with van der Waals surface area (Å²) in [4.78, 5) is 16.0. The molecule has 0 saturated carbocycles. The first kappa shape index (κ1) is 13.1. The van der Waals surface area contributed by atoms with Crippen LogP contribution in [0.15, 0.2) is 42.7 Å². The molecule has 0 atom stereocenters. The number of nitrogens with zero attached hydrogens (tertiary/aromatic N) is 2. The molecular formula is C15H17N3O. The molecule has 0 unspecified atom stereocenters. The Hall–Kier alpha value is -2.36. The van der Waals surface area contributed by atoms with Crippen molar-refractivity contribution in [2.75, 3.05) is 5.73 Å². The highest BCUT2D eigenvalue weighted by atomic mass is 16.1. The second-order valence-electron chi connectivity index (χ2n) is 4.27. The van der Waals surface area contributed by atoms with Crippen LogP contribution in [0.25, 0.3) is 6.08 Å². The summed E-state index contributed by atoms with van der Waals surface area (Å²) in [5.41, 5.74) is 7.28. The molecule has 0 bridgehead atoms. The second kappa shape index (κ2) is 6.00. The lowest BCUT2D eigenvalue weighted by atomic mass is 10.1. The van der Waals surface area contributed by atoms with Crippen molar-refractivity contribution in [3.8, 4) is 0 Å². The fourth-order valence-electron chi connectivity index (χ4n) is 1.81. The van der Waals surface area contributed by atoms with E-state index in [2.05, 4.69) is 4.98 Å². The van der Waals surface area contributed by atoms with Gasteiger partial charge in [0.15, 0.2) is 5.78 Å². The number of carbonyl (C=O) groups is 1. The van der Waals surface area contributed by atoms with E-state index in [1.165, 1.54) is 0 Å². The molecule has 0 saturated heterocycles. The lowest BCUT2D eigenvalue weighted by molar-refractivity contribution is -0.114. The van der Waals surface area contributed by atoms with Gasteiger partial charge >= 0.3 is 0 Å². The molecule has 2 rings (SSSR count). The highest BCUT2D eigenvalue weighted by Crippen LogP contribution is 2.07. The normalized spacial score (nSPS) is 11.0. The largest absolute Gasteiger partial charge is 0.399 e. The molecule has 2 N–H and O–H groups in total. The molecule has 0 fully saturated rings. The van der Waals surface area contributed by atoms with E-state index < -0.39 is 0 Å². The Morgan fingerprint density at radius 1 is 1.37 bits per heavy atom. The maximum atomic E-state index is 11.9. The van der Waals surface area contributed by atoms with Crippen molar-refractivity contribution in [1.82, 2.24) is 9.55 Å². The van der Waals surface area contributed by atoms with Crippen LogP contribution in [0.1, 0.15) is 18.3 Å². The van der Waals surface area contributed by atoms with E-state index in [-0.39, 0.29) is 5.78 Å². The lowest BCUT2D eigenvalue weighted by Crippen LogP contribution is -2.06. The van der Waals surface area contributed by atoms with Gasteiger partial charge in [0, 0.05) is 24.6 Å². The van der Waals surface area contributed by atoms with Gasteiger partial charge in [0.2, 0.25) is 0 Å². The van der Waals surface area contributed by atoms with Gasteiger partial charge in [0.25, 0.3) is 0 Å². The fourth-order valence-corrected chi connectivity index (χ4v) is 1.81. The molecule has 0 aliphatic carbocycles. The highest BCUT2D eigenvalue weighted by Gasteiger charge is 2.05. The highest BCUT2D eigenvalue weighted by molar-refractivity contribution is 5.94. The summed E-state index contributed by atoms with van der Waals surface area (Å²) in [6.07, 6.45) is 7.30. The Labute approximate surface area is 112 Å². The van der Waals surface area contributed by atoms with Crippen molar-refractivity contribution < 1.29 is 4.79 Å². The third-order valence-electron chi connectivity index (χ3n) is 2.87. The summed E-state index contributed by atoms with van der Waals surface area (Å²) in [7, 11) is 0. The maximum Gasteiger partial charge on any atom is 0.163 e. The van der Waals surface area contributed by atoms with Gasteiger partial charge in [0.05, 0.1) is 6.42 Å². The number of rotatable bonds is 5. The topological polar surface area (TPSA) is 60.9 Å². The van der Waals surface area contributed by atoms with Crippen molar-refractivity contribution in [1.29, 1.82) is 0 Å². The molecule has 2 aromatic rings. The quantitative estimate of drug-likeness (QED) is 0.658. The molecule has 1 aromatic heterocycles. The number of allylic oxidation sites excluding steroid dienone is 1. The summed E-state index contributed by atoms with van der Waals surface area (Å²) in [6.45, 7) is 2.85. The van der Waals surface area contributed by atoms with Crippen LogP contribution < -0.4 is 5.73 Å². The third-order valence-corrected chi connectivity index (χ3v) is 2.87. The molecule has 4 nitrogen and oxygen atoms in total. The van der Waals surface area contributed by atoms with Crippen LogP contribution in [0.2, 0.25) is 0 Å².